The third-order valence-corrected chi connectivity index (χ3v) is 11.1. The van der Waals surface area contributed by atoms with Crippen LogP contribution in [0, 0.1) is 0 Å². The highest BCUT2D eigenvalue weighted by atomic mass is 31.2. The van der Waals surface area contributed by atoms with Crippen molar-refractivity contribution in [2.45, 2.75) is 134 Å². The van der Waals surface area contributed by atoms with E-state index in [1.165, 1.54) is 39.3 Å². The summed E-state index contributed by atoms with van der Waals surface area (Å²) in [6.45, 7) is 17.2. The minimum Gasteiger partial charge on any atom is -0.394 e. The van der Waals surface area contributed by atoms with Crippen LogP contribution in [-0.4, -0.2) is 227 Å². The molecule has 3 saturated heterocycles. The van der Waals surface area contributed by atoms with Crippen molar-refractivity contribution in [3.8, 4) is 0 Å². The quantitative estimate of drug-likeness (QED) is 0.0611. The van der Waals surface area contributed by atoms with Crippen LogP contribution in [0.1, 0.15) is 41.5 Å². The number of phosphoric ester groups is 2. The van der Waals surface area contributed by atoms with Crippen LogP contribution >= 0.6 is 15.6 Å². The van der Waals surface area contributed by atoms with Crippen molar-refractivity contribution in [1.82, 2.24) is 9.80 Å². The van der Waals surface area contributed by atoms with Gasteiger partial charge in [-0.15, -0.1) is 0 Å². The molecule has 0 aliphatic carbocycles. The molecule has 3 unspecified atom stereocenters. The normalized spacial score (nSPS) is 38.5. The van der Waals surface area contributed by atoms with Gasteiger partial charge in [0.25, 0.3) is 0 Å². The van der Waals surface area contributed by atoms with E-state index < -0.39 is 128 Å². The van der Waals surface area contributed by atoms with E-state index in [0.717, 1.165) is 0 Å². The molecule has 17 atom stereocenters. The first-order valence-electron chi connectivity index (χ1n) is 18.2. The fraction of sp³-hybridized carbons (Fsp3) is 1.00. The number of hydrogen-bond donors (Lipinski definition) is 13. The molecule has 336 valence electrons. The Kier molecular flexibility index (Phi) is 24.3. The summed E-state index contributed by atoms with van der Waals surface area (Å²) in [6.07, 6.45) is -30.6. The molecule has 3 fully saturated rings. The summed E-state index contributed by atoms with van der Waals surface area (Å²) < 4.78 is 58.8. The zero-order valence-corrected chi connectivity index (χ0v) is 34.1. The van der Waals surface area contributed by atoms with Crippen LogP contribution < -0.4 is 0 Å². The predicted octanol–water partition coefficient (Wildman–Crippen LogP) is -4.64. The molecule has 3 aliphatic rings. The third kappa shape index (κ3) is 15.6. The molecule has 0 aromatic heterocycles. The zero-order valence-electron chi connectivity index (χ0n) is 32.3. The molecular formula is C30H64N2O22P2. The number of hydrogen-bond acceptors (Lipinski definition) is 22. The predicted molar refractivity (Wildman–Crippen MR) is 190 cm³/mol. The third-order valence-electron chi connectivity index (χ3n) is 9.18. The van der Waals surface area contributed by atoms with Gasteiger partial charge in [0.05, 0.1) is 19.8 Å². The topological polar surface area (TPSA) is 368 Å². The standard InChI is InChI=1S/C18H34O22P2.2C6H15N/c19-1-4-7(22)8(23)12(27)17(35-4)39-42(32,33)38-15-6(3-21)36-18(13(28)10(15)25)40-41(30,31)37-14-5(2-20)34-16(29)11(26)9(14)24;2*1-4-7(5-2)6-3/h4-29H,1-3H2,(H,30,31)(H,32,33);2*4-6H2,1-3H3/t4-,5-,6-,7-,8+,9-,10-,11-,12-,13-,14-,15-,16?,17-,18-;;/m1../s1. The molecule has 0 radical (unpaired) electrons. The maximum atomic E-state index is 12.6. The fourth-order valence-corrected chi connectivity index (χ4v) is 7.69. The van der Waals surface area contributed by atoms with Crippen LogP contribution in [0.4, 0.5) is 0 Å². The lowest BCUT2D eigenvalue weighted by Crippen LogP contribution is -2.60. The lowest BCUT2D eigenvalue weighted by Gasteiger charge is -2.43. The van der Waals surface area contributed by atoms with Gasteiger partial charge in [-0.2, -0.15) is 0 Å². The molecule has 0 saturated carbocycles. The van der Waals surface area contributed by atoms with Gasteiger partial charge in [-0.3, -0.25) is 18.1 Å². The Balaban J connectivity index is 0.000000949. The Hall–Kier alpha value is -0.420. The van der Waals surface area contributed by atoms with Gasteiger partial charge in [0.2, 0.25) is 0 Å². The van der Waals surface area contributed by atoms with Gasteiger partial charge < -0.3 is 90.0 Å². The first-order valence-corrected chi connectivity index (χ1v) is 21.2. The Labute approximate surface area is 325 Å². The highest BCUT2D eigenvalue weighted by Gasteiger charge is 2.54. The average Bonchev–Trinajstić information content (AvgIpc) is 3.16. The van der Waals surface area contributed by atoms with Gasteiger partial charge in [-0.1, -0.05) is 41.5 Å². The average molecular weight is 867 g/mol. The molecular weight excluding hydrogens is 802 g/mol. The van der Waals surface area contributed by atoms with Gasteiger partial charge in [-0.25, -0.2) is 9.13 Å². The van der Waals surface area contributed by atoms with Gasteiger partial charge in [0.15, 0.2) is 18.9 Å². The first-order chi connectivity index (χ1) is 26.2. The fourth-order valence-electron chi connectivity index (χ4n) is 5.58. The van der Waals surface area contributed by atoms with Crippen LogP contribution in [0.15, 0.2) is 0 Å². The molecule has 26 heteroatoms. The van der Waals surface area contributed by atoms with Crippen LogP contribution in [0.3, 0.4) is 0 Å². The van der Waals surface area contributed by atoms with Gasteiger partial charge >= 0.3 is 15.6 Å². The number of nitrogens with zero attached hydrogens (tertiary/aromatic N) is 2. The molecule has 0 aromatic rings. The zero-order chi connectivity index (χ0) is 43.1. The van der Waals surface area contributed by atoms with E-state index in [-0.39, 0.29) is 0 Å². The summed E-state index contributed by atoms with van der Waals surface area (Å²) in [5.41, 5.74) is 0. The van der Waals surface area contributed by atoms with Crippen molar-refractivity contribution in [3.63, 3.8) is 0 Å². The lowest BCUT2D eigenvalue weighted by atomic mass is 9.99. The molecule has 13 N–H and O–H groups in total. The minimum absolute atomic E-state index is 0.912. The summed E-state index contributed by atoms with van der Waals surface area (Å²) in [5, 5.41) is 108. The molecule has 0 spiro atoms. The Morgan fingerprint density at radius 1 is 0.446 bits per heavy atom. The van der Waals surface area contributed by atoms with E-state index in [4.69, 9.17) is 23.3 Å². The monoisotopic (exact) mass is 866 g/mol. The molecule has 3 heterocycles. The molecule has 0 bridgehead atoms. The van der Waals surface area contributed by atoms with Crippen molar-refractivity contribution < 1.29 is 107 Å². The van der Waals surface area contributed by atoms with Crippen molar-refractivity contribution in [3.05, 3.63) is 0 Å². The van der Waals surface area contributed by atoms with Crippen molar-refractivity contribution in [1.29, 1.82) is 0 Å². The Morgan fingerprint density at radius 3 is 1.11 bits per heavy atom. The second-order valence-corrected chi connectivity index (χ2v) is 15.4. The minimum atomic E-state index is -5.48. The molecule has 24 nitrogen and oxygen atoms in total. The lowest BCUT2D eigenvalue weighted by molar-refractivity contribution is -0.296. The first kappa shape index (κ1) is 53.6. The molecule has 3 aliphatic heterocycles. The van der Waals surface area contributed by atoms with E-state index in [1.807, 2.05) is 0 Å². The van der Waals surface area contributed by atoms with Crippen LogP contribution in [0.2, 0.25) is 0 Å². The summed E-state index contributed by atoms with van der Waals surface area (Å²) in [7, 11) is -11.0. The molecule has 3 rings (SSSR count). The van der Waals surface area contributed by atoms with Crippen molar-refractivity contribution >= 4 is 15.6 Å². The Bertz CT molecular complexity index is 1150. The van der Waals surface area contributed by atoms with E-state index >= 15 is 0 Å². The summed E-state index contributed by atoms with van der Waals surface area (Å²) in [4.78, 5) is 25.1. The van der Waals surface area contributed by atoms with Crippen LogP contribution in [0.5, 0.6) is 0 Å². The van der Waals surface area contributed by atoms with Gasteiger partial charge in [0.1, 0.15) is 73.2 Å². The van der Waals surface area contributed by atoms with Crippen LogP contribution in [-0.2, 0) is 41.4 Å². The van der Waals surface area contributed by atoms with Gasteiger partial charge in [-0.05, 0) is 39.3 Å². The molecule has 0 aromatic carbocycles. The van der Waals surface area contributed by atoms with Crippen molar-refractivity contribution in [2.24, 2.45) is 0 Å². The summed E-state index contributed by atoms with van der Waals surface area (Å²) in [6, 6.07) is 0. The van der Waals surface area contributed by atoms with Crippen molar-refractivity contribution in [2.75, 3.05) is 59.1 Å². The smallest absolute Gasteiger partial charge is 0.394 e. The Morgan fingerprint density at radius 2 is 0.768 bits per heavy atom. The number of aliphatic hydroxyl groups is 11. The number of rotatable bonds is 17. The van der Waals surface area contributed by atoms with E-state index in [0.29, 0.717) is 0 Å². The second-order valence-electron chi connectivity index (χ2n) is 12.7. The van der Waals surface area contributed by atoms with Crippen LogP contribution in [0.25, 0.3) is 0 Å². The second kappa shape index (κ2) is 25.4. The van der Waals surface area contributed by atoms with E-state index in [1.54, 1.807) is 0 Å². The maximum Gasteiger partial charge on any atom is 0.475 e. The van der Waals surface area contributed by atoms with E-state index in [2.05, 4.69) is 60.4 Å². The van der Waals surface area contributed by atoms with E-state index in [9.17, 15) is 75.1 Å². The number of ether oxygens (including phenoxy) is 3. The molecule has 56 heavy (non-hydrogen) atoms. The summed E-state index contributed by atoms with van der Waals surface area (Å²) >= 11 is 0. The highest BCUT2D eigenvalue weighted by molar-refractivity contribution is 7.47. The number of phosphoric acid groups is 2. The van der Waals surface area contributed by atoms with Gasteiger partial charge in [0, 0.05) is 0 Å². The SMILES string of the molecule is CCN(CC)CC.CCN(CC)CC.O=P(O)(O[C@H]1O[C@H](CO)[C@@H](O)[C@H](O)[C@H]1O)O[C@H]1[C@H](O)[C@@H](O)[C@@H](OP(=O)(O)O[C@H]2[C@H](O)[C@@H](O)C(O)O[C@@H]2CO)O[C@@H]1CO. The number of aliphatic hydroxyl groups excluding tert-OH is 11. The highest BCUT2D eigenvalue weighted by Crippen LogP contribution is 2.52. The summed E-state index contributed by atoms with van der Waals surface area (Å²) in [5.74, 6) is 0. The largest absolute Gasteiger partial charge is 0.475 e. The maximum absolute atomic E-state index is 12.6. The molecule has 0 amide bonds.